The number of benzene rings is 1. The molecule has 0 fully saturated rings. The summed E-state index contributed by atoms with van der Waals surface area (Å²) in [4.78, 5) is 15.8. The predicted molar refractivity (Wildman–Crippen MR) is 74.5 cm³/mol. The van der Waals surface area contributed by atoms with Gasteiger partial charge in [-0.2, -0.15) is 0 Å². The Bertz CT molecular complexity index is 760. The van der Waals surface area contributed by atoms with Crippen LogP contribution in [0.1, 0.15) is 9.88 Å². The lowest BCUT2D eigenvalue weighted by atomic mass is 10.2. The first-order valence-electron chi connectivity index (χ1n) is 5.78. The lowest BCUT2D eigenvalue weighted by Gasteiger charge is -2.02. The van der Waals surface area contributed by atoms with Gasteiger partial charge in [0.1, 0.15) is 0 Å². The molecule has 19 heavy (non-hydrogen) atoms. The second-order valence-electron chi connectivity index (χ2n) is 4.29. The van der Waals surface area contributed by atoms with E-state index in [0.717, 1.165) is 20.8 Å². The molecule has 0 aliphatic heterocycles. The smallest absolute Gasteiger partial charge is 0.271 e. The third-order valence-electron chi connectivity index (χ3n) is 2.96. The molecule has 0 spiro atoms. The van der Waals surface area contributed by atoms with Crippen molar-refractivity contribution in [3.05, 3.63) is 56.7 Å². The van der Waals surface area contributed by atoms with Crippen molar-refractivity contribution < 1.29 is 4.92 Å². The molecule has 0 aliphatic carbocycles. The molecule has 0 aliphatic rings. The molecule has 0 saturated heterocycles. The number of hydrogen-bond donors (Lipinski definition) is 0. The predicted octanol–water partition coefficient (Wildman–Crippen LogP) is 3.36. The molecule has 0 atom stereocenters. The largest absolute Gasteiger partial charge is 0.342 e. The van der Waals surface area contributed by atoms with Crippen molar-refractivity contribution in [1.82, 2.24) is 9.55 Å². The van der Waals surface area contributed by atoms with Crippen LogP contribution in [0.2, 0.25) is 0 Å². The van der Waals surface area contributed by atoms with E-state index in [-0.39, 0.29) is 10.6 Å². The first-order valence-corrected chi connectivity index (χ1v) is 6.60. The summed E-state index contributed by atoms with van der Waals surface area (Å²) in [6.45, 7) is 2.66. The van der Waals surface area contributed by atoms with Crippen molar-refractivity contribution in [2.75, 3.05) is 0 Å². The lowest BCUT2D eigenvalue weighted by Crippen LogP contribution is -1.96. The minimum atomic E-state index is -0.367. The van der Waals surface area contributed by atoms with E-state index in [2.05, 4.69) is 4.98 Å². The zero-order chi connectivity index (χ0) is 13.4. The molecule has 0 bridgehead atoms. The number of nitrogens with zero attached hydrogens (tertiary/aromatic N) is 3. The number of nitro groups is 1. The number of thiazole rings is 1. The number of nitro benzene ring substituents is 1. The Balaban J connectivity index is 2.03. The van der Waals surface area contributed by atoms with Gasteiger partial charge in [-0.15, -0.1) is 11.3 Å². The van der Waals surface area contributed by atoms with E-state index in [0.29, 0.717) is 6.54 Å². The molecular weight excluding hydrogens is 262 g/mol. The summed E-state index contributed by atoms with van der Waals surface area (Å²) in [5.74, 6) is 0. The van der Waals surface area contributed by atoms with Crippen LogP contribution in [0.3, 0.4) is 0 Å². The molecule has 0 radical (unpaired) electrons. The van der Waals surface area contributed by atoms with Gasteiger partial charge >= 0.3 is 0 Å². The summed E-state index contributed by atoms with van der Waals surface area (Å²) in [5, 5.41) is 12.9. The summed E-state index contributed by atoms with van der Waals surface area (Å²) >= 11 is 1.64. The average molecular weight is 273 g/mol. The standard InChI is InChI=1S/C13H11N3O2S/c1-9-14-7-12(19-9)8-15-5-4-10-2-3-11(16(17)18)6-13(10)15/h2-7H,8H2,1H3. The van der Waals surface area contributed by atoms with Crippen LogP contribution in [0.25, 0.3) is 10.9 Å². The molecule has 2 heterocycles. The Labute approximate surface area is 113 Å². The van der Waals surface area contributed by atoms with Crippen LogP contribution in [0.15, 0.2) is 36.7 Å². The SMILES string of the molecule is Cc1ncc(Cn2ccc3ccc([N+](=O)[O-])cc32)s1. The first kappa shape index (κ1) is 11.9. The van der Waals surface area contributed by atoms with Gasteiger partial charge in [-0.05, 0) is 19.1 Å². The van der Waals surface area contributed by atoms with E-state index in [9.17, 15) is 10.1 Å². The third-order valence-corrected chi connectivity index (χ3v) is 3.86. The highest BCUT2D eigenvalue weighted by Crippen LogP contribution is 2.23. The molecule has 6 heteroatoms. The minimum Gasteiger partial charge on any atom is -0.342 e. The number of rotatable bonds is 3. The van der Waals surface area contributed by atoms with E-state index in [1.165, 1.54) is 6.07 Å². The van der Waals surface area contributed by atoms with Crippen LogP contribution in [0, 0.1) is 17.0 Å². The molecule has 0 amide bonds. The van der Waals surface area contributed by atoms with E-state index < -0.39 is 0 Å². The molecule has 2 aromatic heterocycles. The summed E-state index contributed by atoms with van der Waals surface area (Å²) in [5.41, 5.74) is 0.994. The van der Waals surface area contributed by atoms with Gasteiger partial charge in [0.25, 0.3) is 5.69 Å². The van der Waals surface area contributed by atoms with E-state index in [4.69, 9.17) is 0 Å². The Hall–Kier alpha value is -2.21. The summed E-state index contributed by atoms with van der Waals surface area (Å²) < 4.78 is 2.01. The number of non-ortho nitro benzene ring substituents is 1. The van der Waals surface area contributed by atoms with Gasteiger partial charge in [0.15, 0.2) is 0 Å². The minimum absolute atomic E-state index is 0.118. The maximum Gasteiger partial charge on any atom is 0.271 e. The Morgan fingerprint density at radius 3 is 2.95 bits per heavy atom. The number of aromatic nitrogens is 2. The highest BCUT2D eigenvalue weighted by Gasteiger charge is 2.10. The normalized spacial score (nSPS) is 11.0. The molecule has 1 aromatic carbocycles. The third kappa shape index (κ3) is 2.22. The lowest BCUT2D eigenvalue weighted by molar-refractivity contribution is -0.384. The van der Waals surface area contributed by atoms with Gasteiger partial charge in [0.05, 0.1) is 22.0 Å². The molecule has 0 saturated carbocycles. The van der Waals surface area contributed by atoms with E-state index >= 15 is 0 Å². The fraction of sp³-hybridized carbons (Fsp3) is 0.154. The van der Waals surface area contributed by atoms with Crippen LogP contribution < -0.4 is 0 Å². The van der Waals surface area contributed by atoms with Crippen molar-refractivity contribution in [2.45, 2.75) is 13.5 Å². The van der Waals surface area contributed by atoms with Crippen molar-refractivity contribution >= 4 is 27.9 Å². The fourth-order valence-corrected chi connectivity index (χ4v) is 2.86. The molecule has 3 aromatic rings. The van der Waals surface area contributed by atoms with Crippen molar-refractivity contribution in [2.24, 2.45) is 0 Å². The Morgan fingerprint density at radius 1 is 1.42 bits per heavy atom. The average Bonchev–Trinajstić information content (AvgIpc) is 2.96. The van der Waals surface area contributed by atoms with Crippen LogP contribution in [0.5, 0.6) is 0 Å². The van der Waals surface area contributed by atoms with Crippen LogP contribution in [0.4, 0.5) is 5.69 Å². The molecule has 0 N–H and O–H groups in total. The summed E-state index contributed by atoms with van der Waals surface area (Å²) in [6, 6.07) is 6.89. The van der Waals surface area contributed by atoms with Gasteiger partial charge in [-0.1, -0.05) is 0 Å². The van der Waals surface area contributed by atoms with Gasteiger partial charge < -0.3 is 4.57 Å². The molecule has 5 nitrogen and oxygen atoms in total. The monoisotopic (exact) mass is 273 g/mol. The van der Waals surface area contributed by atoms with Crippen LogP contribution in [-0.2, 0) is 6.54 Å². The van der Waals surface area contributed by atoms with Gasteiger partial charge in [-0.25, -0.2) is 4.98 Å². The highest BCUT2D eigenvalue weighted by molar-refractivity contribution is 7.11. The van der Waals surface area contributed by atoms with Crippen molar-refractivity contribution in [3.8, 4) is 0 Å². The van der Waals surface area contributed by atoms with Crippen LogP contribution in [-0.4, -0.2) is 14.5 Å². The maximum atomic E-state index is 10.8. The first-order chi connectivity index (χ1) is 9.13. The molecule has 96 valence electrons. The Kier molecular flexibility index (Phi) is 2.79. The second-order valence-corrected chi connectivity index (χ2v) is 5.61. The van der Waals surface area contributed by atoms with E-state index in [1.807, 2.05) is 30.0 Å². The van der Waals surface area contributed by atoms with Gasteiger partial charge in [0.2, 0.25) is 0 Å². The molecular formula is C13H11N3O2S. The van der Waals surface area contributed by atoms with Gasteiger partial charge in [-0.3, -0.25) is 10.1 Å². The Morgan fingerprint density at radius 2 is 2.26 bits per heavy atom. The zero-order valence-electron chi connectivity index (χ0n) is 10.2. The van der Waals surface area contributed by atoms with E-state index in [1.54, 1.807) is 23.5 Å². The highest BCUT2D eigenvalue weighted by atomic mass is 32.1. The van der Waals surface area contributed by atoms with Crippen molar-refractivity contribution in [3.63, 3.8) is 0 Å². The van der Waals surface area contributed by atoms with Gasteiger partial charge in [0, 0.05) is 34.8 Å². The summed E-state index contributed by atoms with van der Waals surface area (Å²) in [6.07, 6.45) is 3.80. The molecule has 0 unspecified atom stereocenters. The quantitative estimate of drug-likeness (QED) is 0.543. The number of hydrogen-bond acceptors (Lipinski definition) is 4. The number of aryl methyl sites for hydroxylation is 1. The summed E-state index contributed by atoms with van der Waals surface area (Å²) in [7, 11) is 0. The fourth-order valence-electron chi connectivity index (χ4n) is 2.07. The zero-order valence-corrected chi connectivity index (χ0v) is 11.1. The second kappa shape index (κ2) is 4.47. The van der Waals surface area contributed by atoms with Crippen LogP contribution >= 0.6 is 11.3 Å². The van der Waals surface area contributed by atoms with Crippen molar-refractivity contribution in [1.29, 1.82) is 0 Å². The maximum absolute atomic E-state index is 10.8. The number of fused-ring (bicyclic) bond motifs is 1. The topological polar surface area (TPSA) is 61.0 Å². The molecule has 3 rings (SSSR count).